The number of carbonyl (C=O) groups is 1. The smallest absolute Gasteiger partial charge is 0.287 e. The Morgan fingerprint density at radius 1 is 1.12 bits per heavy atom. The van der Waals surface area contributed by atoms with Gasteiger partial charge in [0.05, 0.1) is 11.4 Å². The zero-order chi connectivity index (χ0) is 22.7. The Morgan fingerprint density at radius 2 is 1.97 bits per heavy atom. The molecule has 0 aliphatic rings. The molecular weight excluding hydrogens is 434 g/mol. The molecule has 4 aromatic rings. The Balaban J connectivity index is 1.45. The van der Waals surface area contributed by atoms with Crippen molar-refractivity contribution in [2.45, 2.75) is 20.5 Å². The summed E-state index contributed by atoms with van der Waals surface area (Å²) >= 11 is 6.09. The molecule has 0 saturated carbocycles. The first-order chi connectivity index (χ1) is 15.4. The summed E-state index contributed by atoms with van der Waals surface area (Å²) in [5, 5.41) is 3.17. The van der Waals surface area contributed by atoms with E-state index < -0.39 is 0 Å². The highest BCUT2D eigenvalue weighted by Gasteiger charge is 2.12. The van der Waals surface area contributed by atoms with Crippen LogP contribution in [0.5, 0.6) is 11.5 Å². The van der Waals surface area contributed by atoms with Crippen LogP contribution in [0.1, 0.15) is 17.0 Å². The molecule has 164 valence electrons. The van der Waals surface area contributed by atoms with E-state index in [9.17, 15) is 9.59 Å². The van der Waals surface area contributed by atoms with Gasteiger partial charge >= 0.3 is 0 Å². The second kappa shape index (κ2) is 9.15. The number of anilines is 1. The molecule has 0 atom stereocenters. The largest absolute Gasteiger partial charge is 0.485 e. The monoisotopic (exact) mass is 453 g/mol. The quantitative estimate of drug-likeness (QED) is 0.451. The molecule has 1 N–H and O–H groups in total. The molecule has 2 aromatic carbocycles. The van der Waals surface area contributed by atoms with Gasteiger partial charge in [-0.05, 0) is 49.7 Å². The summed E-state index contributed by atoms with van der Waals surface area (Å²) in [6, 6.07) is 15.3. The van der Waals surface area contributed by atoms with Crippen LogP contribution in [0.3, 0.4) is 0 Å². The van der Waals surface area contributed by atoms with Crippen LogP contribution in [0.15, 0.2) is 63.9 Å². The van der Waals surface area contributed by atoms with Gasteiger partial charge in [-0.25, -0.2) is 4.98 Å². The Bertz CT molecular complexity index is 1350. The number of aromatic nitrogens is 2. The van der Waals surface area contributed by atoms with Crippen molar-refractivity contribution in [3.05, 3.63) is 87.0 Å². The minimum Gasteiger partial charge on any atom is -0.485 e. The van der Waals surface area contributed by atoms with E-state index in [1.165, 1.54) is 6.07 Å². The summed E-state index contributed by atoms with van der Waals surface area (Å²) in [6.45, 7) is 3.51. The summed E-state index contributed by atoms with van der Waals surface area (Å²) in [6.07, 6.45) is 0. The second-order valence-electron chi connectivity index (χ2n) is 7.17. The van der Waals surface area contributed by atoms with Crippen molar-refractivity contribution in [1.82, 2.24) is 9.56 Å². The number of nitrogens with one attached hydrogen (secondary N) is 1. The molecule has 0 aliphatic heterocycles. The zero-order valence-electron chi connectivity index (χ0n) is 17.4. The third-order valence-corrected chi connectivity index (χ3v) is 4.71. The third kappa shape index (κ3) is 5.09. The Labute approximate surface area is 188 Å². The molecule has 0 radical (unpaired) electrons. The van der Waals surface area contributed by atoms with Gasteiger partial charge in [-0.3, -0.25) is 9.59 Å². The van der Waals surface area contributed by atoms with Gasteiger partial charge in [0.1, 0.15) is 23.9 Å². The van der Waals surface area contributed by atoms with Gasteiger partial charge in [-0.15, -0.1) is 4.57 Å². The minimum atomic E-state index is -0.370. The number of ether oxygens (including phenoxy) is 2. The normalized spacial score (nSPS) is 10.8. The lowest BCUT2D eigenvalue weighted by Crippen LogP contribution is -2.20. The second-order valence-corrected chi connectivity index (χ2v) is 7.60. The number of rotatable bonds is 7. The number of nitrogens with zero attached hydrogens (tertiary/aromatic N) is 2. The van der Waals surface area contributed by atoms with Crippen LogP contribution < -0.4 is 20.3 Å². The average Bonchev–Trinajstić information content (AvgIpc) is 3.13. The maximum absolute atomic E-state index is 12.4. The molecule has 0 spiro atoms. The van der Waals surface area contributed by atoms with Gasteiger partial charge in [0.15, 0.2) is 12.3 Å². The fraction of sp³-hybridized carbons (Fsp3) is 0.174. The Morgan fingerprint density at radius 3 is 2.78 bits per heavy atom. The molecule has 0 saturated heterocycles. The van der Waals surface area contributed by atoms with E-state index in [-0.39, 0.29) is 24.7 Å². The first-order valence-corrected chi connectivity index (χ1v) is 10.2. The number of amides is 1. The van der Waals surface area contributed by atoms with Crippen LogP contribution in [0.25, 0.3) is 5.65 Å². The minimum absolute atomic E-state index is 0.0141. The average molecular weight is 454 g/mol. The van der Waals surface area contributed by atoms with E-state index in [0.717, 1.165) is 10.1 Å². The summed E-state index contributed by atoms with van der Waals surface area (Å²) in [4.78, 5) is 28.9. The summed E-state index contributed by atoms with van der Waals surface area (Å²) in [5.74, 6) is 1.18. The van der Waals surface area contributed by atoms with Crippen LogP contribution >= 0.6 is 11.6 Å². The van der Waals surface area contributed by atoms with Crippen LogP contribution in [-0.4, -0.2) is 22.1 Å². The lowest BCUT2D eigenvalue weighted by molar-refractivity contribution is -0.118. The highest BCUT2D eigenvalue weighted by Crippen LogP contribution is 2.28. The zero-order valence-corrected chi connectivity index (χ0v) is 18.2. The van der Waals surface area contributed by atoms with Crippen molar-refractivity contribution in [2.24, 2.45) is 0 Å². The lowest BCUT2D eigenvalue weighted by Gasteiger charge is -2.13. The number of halogens is 1. The molecule has 8 nitrogen and oxygen atoms in total. The van der Waals surface area contributed by atoms with E-state index in [4.69, 9.17) is 25.6 Å². The first-order valence-electron chi connectivity index (χ1n) is 9.79. The van der Waals surface area contributed by atoms with Gasteiger partial charge < -0.3 is 19.3 Å². The maximum Gasteiger partial charge on any atom is 0.287 e. The standard InChI is InChI=1S/C23H20ClN3O5/c1-14-4-3-5-18(8-14)30-13-22(28)26-19-10-16(24)6-7-20(19)31-12-17-11-23(29)27-21(25-17)9-15(2)32-27/h3-11H,12-13H2,1-2H3,(H,26,28). The third-order valence-electron chi connectivity index (χ3n) is 4.47. The SMILES string of the molecule is Cc1cccc(OCC(=O)Nc2cc(Cl)ccc2OCc2cc(=O)n3oc(C)cc3n2)c1. The molecule has 0 bridgehead atoms. The van der Waals surface area contributed by atoms with Crippen LogP contribution in [0.2, 0.25) is 5.02 Å². The number of aryl methyl sites for hydroxylation is 2. The topological polar surface area (TPSA) is 95.1 Å². The summed E-state index contributed by atoms with van der Waals surface area (Å²) in [5.41, 5.74) is 1.88. The number of hydrogen-bond acceptors (Lipinski definition) is 6. The van der Waals surface area contributed by atoms with Gasteiger partial charge in [-0.1, -0.05) is 23.7 Å². The Hall–Kier alpha value is -3.78. The highest BCUT2D eigenvalue weighted by molar-refractivity contribution is 6.31. The Kier molecular flexibility index (Phi) is 6.13. The number of hydrogen-bond donors (Lipinski definition) is 1. The van der Waals surface area contributed by atoms with Crippen molar-refractivity contribution in [3.63, 3.8) is 0 Å². The molecule has 1 amide bonds. The number of benzene rings is 2. The predicted octanol–water partition coefficient (Wildman–Crippen LogP) is 4.15. The van der Waals surface area contributed by atoms with Gasteiger partial charge in [0, 0.05) is 17.2 Å². The van der Waals surface area contributed by atoms with Crippen molar-refractivity contribution in [1.29, 1.82) is 0 Å². The first kappa shape index (κ1) is 21.5. The van der Waals surface area contributed by atoms with Crippen LogP contribution in [0, 0.1) is 13.8 Å². The number of fused-ring (bicyclic) bond motifs is 1. The van der Waals surface area contributed by atoms with Crippen molar-refractivity contribution in [2.75, 3.05) is 11.9 Å². The van der Waals surface area contributed by atoms with Crippen molar-refractivity contribution < 1.29 is 18.8 Å². The van der Waals surface area contributed by atoms with E-state index in [0.29, 0.717) is 39.3 Å². The van der Waals surface area contributed by atoms with Crippen molar-refractivity contribution in [3.8, 4) is 11.5 Å². The lowest BCUT2D eigenvalue weighted by atomic mass is 10.2. The molecule has 4 rings (SSSR count). The van der Waals surface area contributed by atoms with Crippen LogP contribution in [0.4, 0.5) is 5.69 Å². The molecule has 2 aromatic heterocycles. The molecule has 32 heavy (non-hydrogen) atoms. The predicted molar refractivity (Wildman–Crippen MR) is 120 cm³/mol. The molecule has 9 heteroatoms. The molecule has 0 fully saturated rings. The molecular formula is C23H20ClN3O5. The highest BCUT2D eigenvalue weighted by atomic mass is 35.5. The van der Waals surface area contributed by atoms with Gasteiger partial charge in [0.2, 0.25) is 0 Å². The van der Waals surface area contributed by atoms with Crippen LogP contribution in [-0.2, 0) is 11.4 Å². The molecule has 0 unspecified atom stereocenters. The van der Waals surface area contributed by atoms with E-state index in [1.54, 1.807) is 37.3 Å². The van der Waals surface area contributed by atoms with Gasteiger partial charge in [0.25, 0.3) is 11.5 Å². The van der Waals surface area contributed by atoms with E-state index in [2.05, 4.69) is 10.3 Å². The van der Waals surface area contributed by atoms with Gasteiger partial charge in [-0.2, -0.15) is 0 Å². The number of carbonyl (C=O) groups excluding carboxylic acids is 1. The maximum atomic E-state index is 12.4. The summed E-state index contributed by atoms with van der Waals surface area (Å²) < 4.78 is 17.7. The van der Waals surface area contributed by atoms with E-state index >= 15 is 0 Å². The fourth-order valence-electron chi connectivity index (χ4n) is 3.07. The van der Waals surface area contributed by atoms with Crippen molar-refractivity contribution >= 4 is 28.8 Å². The van der Waals surface area contributed by atoms with E-state index in [1.807, 2.05) is 25.1 Å². The molecule has 0 aliphatic carbocycles. The fourth-order valence-corrected chi connectivity index (χ4v) is 3.24. The molecule has 2 heterocycles. The summed E-state index contributed by atoms with van der Waals surface area (Å²) in [7, 11) is 0.